The fraction of sp³-hybridized carbons (Fsp3) is 0.800. The van der Waals surface area contributed by atoms with Gasteiger partial charge in [-0.3, -0.25) is 0 Å². The monoisotopic (exact) mass is 164 g/mol. The van der Waals surface area contributed by atoms with Gasteiger partial charge >= 0.3 is 6.09 Å². The van der Waals surface area contributed by atoms with Gasteiger partial charge in [0.1, 0.15) is 0 Å². The minimum absolute atomic E-state index is 0.00741. The highest BCUT2D eigenvalue weighted by atomic mass is 16.6. The molecule has 0 radical (unpaired) electrons. The van der Waals surface area contributed by atoms with E-state index in [0.717, 1.165) is 4.90 Å². The Morgan fingerprint density at radius 3 is 2.73 bits per heavy atom. The molecule has 0 heterocycles. The third kappa shape index (κ3) is 4.54. The van der Waals surface area contributed by atoms with Crippen LogP contribution in [0.1, 0.15) is 0 Å². The molecule has 1 amide bonds. The molecule has 0 aliphatic rings. The summed E-state index contributed by atoms with van der Waals surface area (Å²) >= 11 is 0. The first-order valence-corrected chi connectivity index (χ1v) is 3.01. The van der Waals surface area contributed by atoms with Gasteiger partial charge in [-0.2, -0.15) is 0 Å². The number of hydrogen-bond donors (Lipinski definition) is 3. The molecule has 11 heavy (non-hydrogen) atoms. The van der Waals surface area contributed by atoms with Crippen molar-refractivity contribution in [1.29, 1.82) is 0 Å². The summed E-state index contributed by atoms with van der Waals surface area (Å²) in [5.41, 5.74) is 0. The maximum atomic E-state index is 10.2. The lowest BCUT2D eigenvalue weighted by molar-refractivity contribution is 0.0215. The lowest BCUT2D eigenvalue weighted by Crippen LogP contribution is -2.35. The molecule has 0 fully saturated rings. The van der Waals surface area contributed by atoms with Crippen LogP contribution < -0.4 is 5.90 Å². The largest absolute Gasteiger partial charge is 0.465 e. The highest BCUT2D eigenvalue weighted by molar-refractivity contribution is 5.64. The molecule has 0 bridgehead atoms. The number of aliphatic hydroxyl groups is 1. The van der Waals surface area contributed by atoms with Crippen molar-refractivity contribution in [2.24, 2.45) is 5.90 Å². The first-order valence-electron chi connectivity index (χ1n) is 3.01. The molecule has 0 rings (SSSR count). The van der Waals surface area contributed by atoms with E-state index in [1.807, 2.05) is 0 Å². The molecule has 0 aromatic carbocycles. The molecule has 0 saturated heterocycles. The van der Waals surface area contributed by atoms with E-state index in [-0.39, 0.29) is 13.2 Å². The van der Waals surface area contributed by atoms with Crippen LogP contribution in [-0.4, -0.2) is 47.5 Å². The Labute approximate surface area is 64.1 Å². The van der Waals surface area contributed by atoms with Gasteiger partial charge < -0.3 is 20.0 Å². The van der Waals surface area contributed by atoms with Crippen LogP contribution >= 0.6 is 0 Å². The van der Waals surface area contributed by atoms with Gasteiger partial charge in [0.15, 0.2) is 0 Å². The minimum Gasteiger partial charge on any atom is -0.465 e. The molecule has 0 saturated carbocycles. The minimum atomic E-state index is -1.10. The molecular formula is C5H12N2O4. The number of carboxylic acid groups (broad SMARTS) is 1. The SMILES string of the molecule is CN(CC(O)CON)C(=O)O. The van der Waals surface area contributed by atoms with Gasteiger partial charge in [-0.25, -0.2) is 10.7 Å². The van der Waals surface area contributed by atoms with Gasteiger partial charge in [0.2, 0.25) is 0 Å². The van der Waals surface area contributed by atoms with Crippen LogP contribution in [0.3, 0.4) is 0 Å². The topological polar surface area (TPSA) is 96.0 Å². The third-order valence-electron chi connectivity index (χ3n) is 1.10. The zero-order valence-electron chi connectivity index (χ0n) is 6.23. The number of nitrogens with two attached hydrogens (primary N) is 1. The summed E-state index contributed by atoms with van der Waals surface area (Å²) < 4.78 is 0. The molecular weight excluding hydrogens is 152 g/mol. The number of aliphatic hydroxyl groups excluding tert-OH is 1. The Kier molecular flexibility index (Phi) is 4.51. The molecule has 0 spiro atoms. The summed E-state index contributed by atoms with van der Waals surface area (Å²) in [5.74, 6) is 4.66. The van der Waals surface area contributed by atoms with Gasteiger partial charge in [0, 0.05) is 7.05 Å². The van der Waals surface area contributed by atoms with Crippen molar-refractivity contribution < 1.29 is 19.8 Å². The van der Waals surface area contributed by atoms with Crippen molar-refractivity contribution in [2.45, 2.75) is 6.10 Å². The average Bonchev–Trinajstić information content (AvgIpc) is 1.87. The maximum Gasteiger partial charge on any atom is 0.407 e. The first kappa shape index (κ1) is 10.2. The number of likely N-dealkylation sites (N-methyl/N-ethyl adjacent to an activating group) is 1. The van der Waals surface area contributed by atoms with E-state index in [1.165, 1.54) is 7.05 Å². The summed E-state index contributed by atoms with van der Waals surface area (Å²) in [6, 6.07) is 0. The lowest BCUT2D eigenvalue weighted by atomic mass is 10.3. The second-order valence-corrected chi connectivity index (χ2v) is 2.15. The Morgan fingerprint density at radius 2 is 2.36 bits per heavy atom. The number of rotatable bonds is 4. The summed E-state index contributed by atoms with van der Waals surface area (Å²) in [4.78, 5) is 15.2. The molecule has 0 aromatic rings. The van der Waals surface area contributed by atoms with Crippen molar-refractivity contribution in [3.63, 3.8) is 0 Å². The van der Waals surface area contributed by atoms with Crippen LogP contribution in [-0.2, 0) is 4.84 Å². The molecule has 0 aromatic heterocycles. The van der Waals surface area contributed by atoms with E-state index in [2.05, 4.69) is 10.7 Å². The normalized spacial score (nSPS) is 12.6. The molecule has 66 valence electrons. The smallest absolute Gasteiger partial charge is 0.407 e. The zero-order chi connectivity index (χ0) is 8.85. The number of carbonyl (C=O) groups is 1. The summed E-state index contributed by atoms with van der Waals surface area (Å²) in [6.07, 6.45) is -1.97. The molecule has 1 unspecified atom stereocenters. The zero-order valence-corrected chi connectivity index (χ0v) is 6.23. The van der Waals surface area contributed by atoms with Gasteiger partial charge in [-0.15, -0.1) is 0 Å². The third-order valence-corrected chi connectivity index (χ3v) is 1.10. The van der Waals surface area contributed by atoms with Crippen molar-refractivity contribution >= 4 is 6.09 Å². The average molecular weight is 164 g/mol. The molecule has 6 heteroatoms. The Balaban J connectivity index is 3.56. The summed E-state index contributed by atoms with van der Waals surface area (Å²) in [5, 5.41) is 17.3. The highest BCUT2D eigenvalue weighted by Crippen LogP contribution is 1.89. The van der Waals surface area contributed by atoms with Crippen LogP contribution in [0.4, 0.5) is 4.79 Å². The summed E-state index contributed by atoms with van der Waals surface area (Å²) in [6.45, 7) is -0.0792. The number of nitrogens with zero attached hydrogens (tertiary/aromatic N) is 1. The Hall–Kier alpha value is -0.850. The lowest BCUT2D eigenvalue weighted by Gasteiger charge is -2.16. The molecule has 0 aliphatic heterocycles. The maximum absolute atomic E-state index is 10.2. The van der Waals surface area contributed by atoms with Gasteiger partial charge in [0.05, 0.1) is 19.3 Å². The van der Waals surface area contributed by atoms with Gasteiger partial charge in [-0.1, -0.05) is 0 Å². The first-order chi connectivity index (χ1) is 5.07. The fourth-order valence-electron chi connectivity index (χ4n) is 0.558. The van der Waals surface area contributed by atoms with Crippen molar-refractivity contribution in [3.8, 4) is 0 Å². The van der Waals surface area contributed by atoms with Gasteiger partial charge in [-0.05, 0) is 0 Å². The second-order valence-electron chi connectivity index (χ2n) is 2.15. The quantitative estimate of drug-likeness (QED) is 0.456. The molecule has 0 aliphatic carbocycles. The van der Waals surface area contributed by atoms with E-state index in [0.29, 0.717) is 0 Å². The molecule has 4 N–H and O–H groups in total. The Morgan fingerprint density at radius 1 is 1.82 bits per heavy atom. The van der Waals surface area contributed by atoms with Crippen LogP contribution in [0.2, 0.25) is 0 Å². The highest BCUT2D eigenvalue weighted by Gasteiger charge is 2.11. The van der Waals surface area contributed by atoms with Crippen molar-refractivity contribution in [2.75, 3.05) is 20.2 Å². The molecule has 6 nitrogen and oxygen atoms in total. The predicted octanol–water partition coefficient (Wildman–Crippen LogP) is -1.15. The second kappa shape index (κ2) is 4.89. The van der Waals surface area contributed by atoms with E-state index in [1.54, 1.807) is 0 Å². The standard InChI is InChI=1S/C5H12N2O4/c1-7(5(9)10)2-4(8)3-11-6/h4,8H,2-3,6H2,1H3,(H,9,10). The van der Waals surface area contributed by atoms with Gasteiger partial charge in [0.25, 0.3) is 0 Å². The van der Waals surface area contributed by atoms with Crippen LogP contribution in [0.25, 0.3) is 0 Å². The van der Waals surface area contributed by atoms with Crippen molar-refractivity contribution in [3.05, 3.63) is 0 Å². The van der Waals surface area contributed by atoms with Crippen LogP contribution in [0.5, 0.6) is 0 Å². The predicted molar refractivity (Wildman–Crippen MR) is 36.8 cm³/mol. The molecule has 1 atom stereocenters. The van der Waals surface area contributed by atoms with E-state index in [4.69, 9.17) is 10.2 Å². The fourth-order valence-corrected chi connectivity index (χ4v) is 0.558. The van der Waals surface area contributed by atoms with Crippen LogP contribution in [0, 0.1) is 0 Å². The summed E-state index contributed by atoms with van der Waals surface area (Å²) in [7, 11) is 1.35. The Bertz CT molecular complexity index is 130. The van der Waals surface area contributed by atoms with E-state index < -0.39 is 12.2 Å². The van der Waals surface area contributed by atoms with E-state index >= 15 is 0 Å². The number of amides is 1. The van der Waals surface area contributed by atoms with Crippen molar-refractivity contribution in [1.82, 2.24) is 4.90 Å². The van der Waals surface area contributed by atoms with E-state index in [9.17, 15) is 4.79 Å². The number of hydrogen-bond acceptors (Lipinski definition) is 4. The van der Waals surface area contributed by atoms with Crippen LogP contribution in [0.15, 0.2) is 0 Å².